The number of nitrogens with zero attached hydrogens (tertiary/aromatic N) is 1. The Morgan fingerprint density at radius 3 is 2.67 bits per heavy atom. The van der Waals surface area contributed by atoms with Gasteiger partial charge in [0.2, 0.25) is 0 Å². The number of nitrogens with one attached hydrogen (secondary N) is 1. The van der Waals surface area contributed by atoms with Gasteiger partial charge in [-0.15, -0.1) is 0 Å². The molecule has 0 spiro atoms. The van der Waals surface area contributed by atoms with Gasteiger partial charge in [0.1, 0.15) is 5.58 Å². The molecule has 1 aromatic heterocycles. The van der Waals surface area contributed by atoms with Crippen LogP contribution in [0.1, 0.15) is 37.8 Å². The summed E-state index contributed by atoms with van der Waals surface area (Å²) in [6.45, 7) is 4.15. The number of phenols is 1. The Bertz CT molecular complexity index is 1110. The lowest BCUT2D eigenvalue weighted by atomic mass is 9.93. The van der Waals surface area contributed by atoms with Crippen LogP contribution in [0, 0.1) is 0 Å². The Hall–Kier alpha value is -2.95. The quantitative estimate of drug-likeness (QED) is 0.400. The summed E-state index contributed by atoms with van der Waals surface area (Å²) in [5.41, 5.74) is 2.70. The summed E-state index contributed by atoms with van der Waals surface area (Å²) >= 11 is 1.01. The summed E-state index contributed by atoms with van der Waals surface area (Å²) in [5, 5.41) is 16.4. The molecule has 1 heterocycles. The fourth-order valence-electron chi connectivity index (χ4n) is 3.34. The van der Waals surface area contributed by atoms with E-state index in [0.717, 1.165) is 36.2 Å². The first-order chi connectivity index (χ1) is 15.8. The van der Waals surface area contributed by atoms with E-state index < -0.39 is 11.7 Å². The maximum Gasteiger partial charge on any atom is 0.414 e. The highest BCUT2D eigenvalue weighted by Crippen LogP contribution is 2.34. The molecule has 0 bridgehead atoms. The smallest absolute Gasteiger partial charge is 0.414 e. The molecule has 0 unspecified atom stereocenters. The number of rotatable bonds is 7. The topological polar surface area (TPSA) is 127 Å². The number of hydrogen-bond donors (Lipinski definition) is 3. The standard InChI is InChI=1S/C21H25N3O6S.C2H6/c1-24(2)21(27)30-19-10-18-14(9-17(19)25)16(11-28-3)15(20(26)29-18)8-12-5-4-6-13(7-12)23-31-22;1-2/h6-7,9-10,23,25H,4-5,8,11,22H2,1-3H3;1-2H3. The van der Waals surface area contributed by atoms with Crippen molar-refractivity contribution in [3.63, 3.8) is 0 Å². The van der Waals surface area contributed by atoms with E-state index in [4.69, 9.17) is 19.0 Å². The Morgan fingerprint density at radius 2 is 2.03 bits per heavy atom. The van der Waals surface area contributed by atoms with E-state index in [0.29, 0.717) is 22.9 Å². The van der Waals surface area contributed by atoms with E-state index in [1.54, 1.807) is 0 Å². The van der Waals surface area contributed by atoms with Crippen LogP contribution in [0.4, 0.5) is 4.79 Å². The Balaban J connectivity index is 0.00000187. The third-order valence-corrected chi connectivity index (χ3v) is 5.17. The summed E-state index contributed by atoms with van der Waals surface area (Å²) in [5.74, 6) is -0.341. The molecule has 33 heavy (non-hydrogen) atoms. The van der Waals surface area contributed by atoms with Crippen LogP contribution in [0.25, 0.3) is 11.0 Å². The van der Waals surface area contributed by atoms with Gasteiger partial charge < -0.3 is 28.6 Å². The Kier molecular flexibility index (Phi) is 9.83. The molecule has 2 aromatic rings. The number of allylic oxidation sites excluding steroid dienone is 3. The van der Waals surface area contributed by atoms with Crippen LogP contribution in [-0.2, 0) is 17.8 Å². The number of carbonyl (C=O) groups is 1. The highest BCUT2D eigenvalue weighted by Gasteiger charge is 2.20. The van der Waals surface area contributed by atoms with Crippen LogP contribution >= 0.6 is 12.1 Å². The zero-order chi connectivity index (χ0) is 24.5. The van der Waals surface area contributed by atoms with Crippen molar-refractivity contribution < 1.29 is 23.8 Å². The number of ether oxygens (including phenoxy) is 2. The molecule has 0 aliphatic heterocycles. The molecular weight excluding hydrogens is 446 g/mol. The number of fused-ring (bicyclic) bond motifs is 1. The monoisotopic (exact) mass is 477 g/mol. The van der Waals surface area contributed by atoms with Gasteiger partial charge in [-0.2, -0.15) is 0 Å². The van der Waals surface area contributed by atoms with Gasteiger partial charge in [-0.05, 0) is 30.5 Å². The van der Waals surface area contributed by atoms with Crippen LogP contribution in [-0.4, -0.2) is 37.3 Å². The van der Waals surface area contributed by atoms with Crippen LogP contribution in [0.15, 0.2) is 44.8 Å². The second-order valence-electron chi connectivity index (χ2n) is 7.26. The average molecular weight is 478 g/mol. The number of amides is 1. The van der Waals surface area contributed by atoms with Crippen LogP contribution in [0.2, 0.25) is 0 Å². The molecule has 3 rings (SSSR count). The molecule has 1 amide bonds. The van der Waals surface area contributed by atoms with Crippen molar-refractivity contribution in [3.05, 3.63) is 57.1 Å². The van der Waals surface area contributed by atoms with Crippen molar-refractivity contribution in [2.45, 2.75) is 39.7 Å². The summed E-state index contributed by atoms with van der Waals surface area (Å²) in [6, 6.07) is 2.75. The lowest BCUT2D eigenvalue weighted by Crippen LogP contribution is -2.25. The fraction of sp³-hybridized carbons (Fsp3) is 0.391. The molecule has 1 aromatic carbocycles. The van der Waals surface area contributed by atoms with Gasteiger partial charge in [0.15, 0.2) is 11.5 Å². The van der Waals surface area contributed by atoms with E-state index >= 15 is 0 Å². The van der Waals surface area contributed by atoms with Crippen molar-refractivity contribution >= 4 is 29.2 Å². The molecular formula is C23H31N3O6S. The summed E-state index contributed by atoms with van der Waals surface area (Å²) in [7, 11) is 4.57. The molecule has 0 saturated heterocycles. The fourth-order valence-corrected chi connectivity index (χ4v) is 3.62. The number of aromatic hydroxyl groups is 1. The van der Waals surface area contributed by atoms with Crippen LogP contribution < -0.4 is 20.2 Å². The first kappa shape index (κ1) is 26.3. The van der Waals surface area contributed by atoms with E-state index in [1.165, 1.54) is 38.2 Å². The van der Waals surface area contributed by atoms with Crippen molar-refractivity contribution in [2.75, 3.05) is 21.2 Å². The minimum absolute atomic E-state index is 0.0967. The first-order valence-corrected chi connectivity index (χ1v) is 11.4. The number of nitrogens with two attached hydrogens (primary N) is 1. The Labute approximate surface area is 197 Å². The molecule has 1 aliphatic rings. The van der Waals surface area contributed by atoms with Gasteiger partial charge in [-0.1, -0.05) is 25.5 Å². The number of methoxy groups -OCH3 is 1. The first-order valence-electron chi connectivity index (χ1n) is 10.5. The lowest BCUT2D eigenvalue weighted by Gasteiger charge is -2.17. The van der Waals surface area contributed by atoms with Crippen LogP contribution in [0.5, 0.6) is 11.5 Å². The van der Waals surface area contributed by atoms with E-state index in [2.05, 4.69) is 4.72 Å². The van der Waals surface area contributed by atoms with Gasteiger partial charge in [0.25, 0.3) is 0 Å². The molecule has 1 aliphatic carbocycles. The predicted octanol–water partition coefficient (Wildman–Crippen LogP) is 3.99. The highest BCUT2D eigenvalue weighted by molar-refractivity contribution is 7.95. The molecule has 0 saturated carbocycles. The third kappa shape index (κ3) is 6.53. The number of benzene rings is 1. The SMILES string of the molecule is CC.COCc1c(CC2=CC(NSN)=CCC2)c(=O)oc2cc(OC(=O)N(C)C)c(O)cc12. The minimum Gasteiger partial charge on any atom is -0.504 e. The number of phenolic OH excluding ortho intramolecular Hbond substituents is 1. The molecule has 0 fully saturated rings. The largest absolute Gasteiger partial charge is 0.504 e. The molecule has 4 N–H and O–H groups in total. The average Bonchev–Trinajstić information content (AvgIpc) is 2.79. The predicted molar refractivity (Wildman–Crippen MR) is 130 cm³/mol. The second-order valence-corrected chi connectivity index (χ2v) is 7.70. The molecule has 10 heteroatoms. The zero-order valence-electron chi connectivity index (χ0n) is 19.6. The number of carbonyl (C=O) groups excluding carboxylic acids is 1. The normalized spacial score (nSPS) is 12.9. The van der Waals surface area contributed by atoms with E-state index in [-0.39, 0.29) is 23.7 Å². The summed E-state index contributed by atoms with van der Waals surface area (Å²) < 4.78 is 19.0. The lowest BCUT2D eigenvalue weighted by molar-refractivity contribution is 0.170. The minimum atomic E-state index is -0.664. The van der Waals surface area contributed by atoms with E-state index in [9.17, 15) is 14.7 Å². The van der Waals surface area contributed by atoms with Gasteiger partial charge in [0.05, 0.1) is 6.61 Å². The maximum absolute atomic E-state index is 12.9. The van der Waals surface area contributed by atoms with Gasteiger partial charge in [-0.25, -0.2) is 9.59 Å². The molecule has 180 valence electrons. The highest BCUT2D eigenvalue weighted by atomic mass is 32.2. The van der Waals surface area contributed by atoms with E-state index in [1.807, 2.05) is 26.0 Å². The van der Waals surface area contributed by atoms with Crippen molar-refractivity contribution in [1.82, 2.24) is 9.62 Å². The van der Waals surface area contributed by atoms with Crippen molar-refractivity contribution in [2.24, 2.45) is 5.14 Å². The van der Waals surface area contributed by atoms with Crippen molar-refractivity contribution in [1.29, 1.82) is 0 Å². The molecule has 0 atom stereocenters. The molecule has 0 radical (unpaired) electrons. The molecule has 9 nitrogen and oxygen atoms in total. The maximum atomic E-state index is 12.9. The Morgan fingerprint density at radius 1 is 1.30 bits per heavy atom. The van der Waals surface area contributed by atoms with Gasteiger partial charge in [-0.3, -0.25) is 5.14 Å². The third-order valence-electron chi connectivity index (χ3n) is 4.82. The van der Waals surface area contributed by atoms with Gasteiger partial charge >= 0.3 is 11.7 Å². The van der Waals surface area contributed by atoms with Crippen molar-refractivity contribution in [3.8, 4) is 11.5 Å². The summed E-state index contributed by atoms with van der Waals surface area (Å²) in [6.07, 6.45) is 5.34. The summed E-state index contributed by atoms with van der Waals surface area (Å²) in [4.78, 5) is 25.9. The zero-order valence-corrected chi connectivity index (χ0v) is 20.4. The van der Waals surface area contributed by atoms with Crippen LogP contribution in [0.3, 0.4) is 0 Å². The van der Waals surface area contributed by atoms with Gasteiger partial charge in [0, 0.05) is 62.5 Å². The number of hydrogen-bond acceptors (Lipinski definition) is 9. The second kappa shape index (κ2) is 12.3.